The first-order valence-corrected chi connectivity index (χ1v) is 7.72. The van der Waals surface area contributed by atoms with Crippen molar-refractivity contribution >= 4 is 17.2 Å². The Labute approximate surface area is 118 Å². The molecule has 1 aliphatic rings. The van der Waals surface area contributed by atoms with E-state index in [-0.39, 0.29) is 5.91 Å². The Balaban J connectivity index is 1.76. The molecule has 1 aromatic heterocycles. The van der Waals surface area contributed by atoms with Crippen LogP contribution in [-0.4, -0.2) is 44.2 Å². The van der Waals surface area contributed by atoms with Crippen molar-refractivity contribution in [3.63, 3.8) is 0 Å². The predicted octanol–water partition coefficient (Wildman–Crippen LogP) is 2.04. The van der Waals surface area contributed by atoms with E-state index in [0.29, 0.717) is 25.7 Å². The van der Waals surface area contributed by atoms with Crippen molar-refractivity contribution in [3.8, 4) is 0 Å². The summed E-state index contributed by atoms with van der Waals surface area (Å²) in [5.74, 6) is 0.125. The van der Waals surface area contributed by atoms with E-state index in [1.165, 1.54) is 11.3 Å². The number of carbonyl (C=O) groups excluding carboxylic acids is 1. The van der Waals surface area contributed by atoms with Crippen molar-refractivity contribution in [2.45, 2.75) is 25.3 Å². The first kappa shape index (κ1) is 14.5. The van der Waals surface area contributed by atoms with Gasteiger partial charge in [-0.1, -0.05) is 6.07 Å². The highest BCUT2D eigenvalue weighted by atomic mass is 32.1. The second-order valence-corrected chi connectivity index (χ2v) is 5.82. The van der Waals surface area contributed by atoms with Gasteiger partial charge in [0, 0.05) is 31.2 Å². The topological polar surface area (TPSA) is 41.6 Å². The molecule has 0 saturated carbocycles. The zero-order chi connectivity index (χ0) is 13.5. The molecule has 4 nitrogen and oxygen atoms in total. The van der Waals surface area contributed by atoms with E-state index in [1.54, 1.807) is 18.4 Å². The average Bonchev–Trinajstić information content (AvgIpc) is 3.04. The standard InChI is InChI=1S/C14H22N2O2S/c1-18-9-4-7-15-14(17)11-16-8-2-5-12(16)13-6-3-10-19-13/h3,6,10,12H,2,4-5,7-9,11H2,1H3,(H,15,17). The van der Waals surface area contributed by atoms with Gasteiger partial charge in [0.15, 0.2) is 0 Å². The molecule has 1 fully saturated rings. The van der Waals surface area contributed by atoms with Gasteiger partial charge in [-0.05, 0) is 37.3 Å². The van der Waals surface area contributed by atoms with Gasteiger partial charge in [0.25, 0.3) is 0 Å². The molecule has 19 heavy (non-hydrogen) atoms. The molecule has 0 spiro atoms. The molecule has 106 valence electrons. The molecule has 1 unspecified atom stereocenters. The van der Waals surface area contributed by atoms with Crippen LogP contribution in [0.1, 0.15) is 30.2 Å². The lowest BCUT2D eigenvalue weighted by Crippen LogP contribution is -2.37. The van der Waals surface area contributed by atoms with Gasteiger partial charge in [-0.15, -0.1) is 11.3 Å². The molecule has 1 saturated heterocycles. The lowest BCUT2D eigenvalue weighted by molar-refractivity contribution is -0.122. The Morgan fingerprint density at radius 3 is 3.26 bits per heavy atom. The number of nitrogens with zero attached hydrogens (tertiary/aromatic N) is 1. The second-order valence-electron chi connectivity index (χ2n) is 4.84. The van der Waals surface area contributed by atoms with Crippen LogP contribution in [0.15, 0.2) is 17.5 Å². The first-order valence-electron chi connectivity index (χ1n) is 6.84. The number of hydrogen-bond donors (Lipinski definition) is 1. The van der Waals surface area contributed by atoms with E-state index in [9.17, 15) is 4.79 Å². The van der Waals surface area contributed by atoms with Crippen molar-refractivity contribution in [2.75, 3.05) is 33.4 Å². The first-order chi connectivity index (χ1) is 9.31. The van der Waals surface area contributed by atoms with Crippen molar-refractivity contribution in [1.82, 2.24) is 10.2 Å². The number of ether oxygens (including phenoxy) is 1. The van der Waals surface area contributed by atoms with Gasteiger partial charge < -0.3 is 10.1 Å². The molecule has 1 N–H and O–H groups in total. The summed E-state index contributed by atoms with van der Waals surface area (Å²) in [7, 11) is 1.68. The van der Waals surface area contributed by atoms with E-state index in [1.807, 2.05) is 0 Å². The van der Waals surface area contributed by atoms with Crippen LogP contribution in [0.2, 0.25) is 0 Å². The molecule has 0 bridgehead atoms. The summed E-state index contributed by atoms with van der Waals surface area (Å²) in [6.45, 7) is 2.93. The van der Waals surface area contributed by atoms with Crippen LogP contribution < -0.4 is 5.32 Å². The largest absolute Gasteiger partial charge is 0.385 e. The summed E-state index contributed by atoms with van der Waals surface area (Å²) in [5.41, 5.74) is 0. The van der Waals surface area contributed by atoms with Crippen LogP contribution >= 0.6 is 11.3 Å². The zero-order valence-corrected chi connectivity index (χ0v) is 12.2. The number of rotatable bonds is 7. The minimum atomic E-state index is 0.125. The van der Waals surface area contributed by atoms with Crippen molar-refractivity contribution in [3.05, 3.63) is 22.4 Å². The minimum Gasteiger partial charge on any atom is -0.385 e. The van der Waals surface area contributed by atoms with Crippen LogP contribution in [0.25, 0.3) is 0 Å². The molecular weight excluding hydrogens is 260 g/mol. The maximum Gasteiger partial charge on any atom is 0.234 e. The summed E-state index contributed by atoms with van der Waals surface area (Å²) in [5, 5.41) is 5.06. The number of nitrogens with one attached hydrogen (secondary N) is 1. The molecule has 0 radical (unpaired) electrons. The van der Waals surface area contributed by atoms with Crippen molar-refractivity contribution < 1.29 is 9.53 Å². The van der Waals surface area contributed by atoms with E-state index in [2.05, 4.69) is 27.7 Å². The monoisotopic (exact) mass is 282 g/mol. The Morgan fingerprint density at radius 1 is 1.63 bits per heavy atom. The Hall–Kier alpha value is -0.910. The predicted molar refractivity (Wildman–Crippen MR) is 77.4 cm³/mol. The number of thiophene rings is 1. The van der Waals surface area contributed by atoms with Crippen LogP contribution in [0.4, 0.5) is 0 Å². The maximum absolute atomic E-state index is 11.9. The number of methoxy groups -OCH3 is 1. The molecule has 1 amide bonds. The Morgan fingerprint density at radius 2 is 2.53 bits per heavy atom. The van der Waals surface area contributed by atoms with E-state index in [0.717, 1.165) is 19.4 Å². The third-order valence-electron chi connectivity index (χ3n) is 3.43. The van der Waals surface area contributed by atoms with Crippen LogP contribution in [0.3, 0.4) is 0 Å². The van der Waals surface area contributed by atoms with E-state index in [4.69, 9.17) is 4.74 Å². The smallest absolute Gasteiger partial charge is 0.234 e. The Kier molecular flexibility index (Phi) is 5.82. The van der Waals surface area contributed by atoms with Gasteiger partial charge in [-0.2, -0.15) is 0 Å². The highest BCUT2D eigenvalue weighted by molar-refractivity contribution is 7.10. The summed E-state index contributed by atoms with van der Waals surface area (Å²) < 4.78 is 4.96. The van der Waals surface area contributed by atoms with Crippen LogP contribution in [-0.2, 0) is 9.53 Å². The summed E-state index contributed by atoms with van der Waals surface area (Å²) >= 11 is 1.79. The molecule has 1 aromatic rings. The van der Waals surface area contributed by atoms with Gasteiger partial charge in [0.2, 0.25) is 5.91 Å². The number of amides is 1. The van der Waals surface area contributed by atoms with Crippen molar-refractivity contribution in [2.24, 2.45) is 0 Å². The number of carbonyl (C=O) groups is 1. The number of likely N-dealkylation sites (tertiary alicyclic amines) is 1. The fourth-order valence-electron chi connectivity index (χ4n) is 2.50. The van der Waals surface area contributed by atoms with Gasteiger partial charge in [-0.3, -0.25) is 9.69 Å². The molecule has 1 aliphatic heterocycles. The maximum atomic E-state index is 11.9. The Bertz CT molecular complexity index is 381. The third kappa shape index (κ3) is 4.30. The third-order valence-corrected chi connectivity index (χ3v) is 4.40. The van der Waals surface area contributed by atoms with Gasteiger partial charge in [0.05, 0.1) is 6.54 Å². The fourth-order valence-corrected chi connectivity index (χ4v) is 3.40. The van der Waals surface area contributed by atoms with E-state index >= 15 is 0 Å². The molecule has 5 heteroatoms. The quantitative estimate of drug-likeness (QED) is 0.778. The van der Waals surface area contributed by atoms with E-state index < -0.39 is 0 Å². The second kappa shape index (κ2) is 7.62. The summed E-state index contributed by atoms with van der Waals surface area (Å²) in [6.07, 6.45) is 3.22. The van der Waals surface area contributed by atoms with Gasteiger partial charge in [-0.25, -0.2) is 0 Å². The molecule has 2 heterocycles. The number of hydrogen-bond acceptors (Lipinski definition) is 4. The van der Waals surface area contributed by atoms with Gasteiger partial charge in [0.1, 0.15) is 0 Å². The fraction of sp³-hybridized carbons (Fsp3) is 0.643. The lowest BCUT2D eigenvalue weighted by atomic mass is 10.2. The summed E-state index contributed by atoms with van der Waals surface area (Å²) in [4.78, 5) is 15.6. The average molecular weight is 282 g/mol. The molecule has 0 aromatic carbocycles. The van der Waals surface area contributed by atoms with Gasteiger partial charge >= 0.3 is 0 Å². The normalized spacial score (nSPS) is 19.7. The molecule has 1 atom stereocenters. The van der Waals surface area contributed by atoms with Crippen LogP contribution in [0.5, 0.6) is 0 Å². The highest BCUT2D eigenvalue weighted by Gasteiger charge is 2.27. The lowest BCUT2D eigenvalue weighted by Gasteiger charge is -2.22. The SMILES string of the molecule is COCCCNC(=O)CN1CCCC1c1cccs1. The van der Waals surface area contributed by atoms with Crippen LogP contribution in [0, 0.1) is 0 Å². The molecular formula is C14H22N2O2S. The van der Waals surface area contributed by atoms with Crippen molar-refractivity contribution in [1.29, 1.82) is 0 Å². The molecule has 2 rings (SSSR count). The summed E-state index contributed by atoms with van der Waals surface area (Å²) in [6, 6.07) is 4.69. The molecule has 0 aliphatic carbocycles. The zero-order valence-electron chi connectivity index (χ0n) is 11.4. The minimum absolute atomic E-state index is 0.125. The highest BCUT2D eigenvalue weighted by Crippen LogP contribution is 2.33.